The van der Waals surface area contributed by atoms with Gasteiger partial charge in [-0.1, -0.05) is 12.1 Å². The number of fused-ring (bicyclic) bond motifs is 2. The van der Waals surface area contributed by atoms with Gasteiger partial charge in [-0.3, -0.25) is 4.79 Å². The molecule has 3 aromatic rings. The fourth-order valence-corrected chi connectivity index (χ4v) is 5.33. The largest absolute Gasteiger partial charge is 0.328 e. The molecule has 0 radical (unpaired) electrons. The highest BCUT2D eigenvalue weighted by atomic mass is 32.2. The van der Waals surface area contributed by atoms with Crippen LogP contribution in [0.5, 0.6) is 0 Å². The van der Waals surface area contributed by atoms with Gasteiger partial charge in [-0.25, -0.2) is 17.7 Å². The van der Waals surface area contributed by atoms with Crippen molar-refractivity contribution in [3.8, 4) is 0 Å². The van der Waals surface area contributed by atoms with Crippen LogP contribution in [-0.4, -0.2) is 42.3 Å². The van der Waals surface area contributed by atoms with Gasteiger partial charge in [0.25, 0.3) is 0 Å². The van der Waals surface area contributed by atoms with E-state index in [1.807, 2.05) is 23.6 Å². The Hall–Kier alpha value is -2.71. The van der Waals surface area contributed by atoms with Gasteiger partial charge in [0.2, 0.25) is 15.9 Å². The van der Waals surface area contributed by atoms with E-state index in [9.17, 15) is 13.2 Å². The number of nitrogens with one attached hydrogen (secondary N) is 1. The van der Waals surface area contributed by atoms with Crippen molar-refractivity contribution in [3.63, 3.8) is 0 Å². The van der Waals surface area contributed by atoms with Crippen LogP contribution in [0.2, 0.25) is 0 Å². The summed E-state index contributed by atoms with van der Waals surface area (Å²) in [6, 6.07) is 11.2. The Morgan fingerprint density at radius 3 is 2.69 bits per heavy atom. The third kappa shape index (κ3) is 4.29. The van der Waals surface area contributed by atoms with Crippen molar-refractivity contribution < 1.29 is 13.2 Å². The summed E-state index contributed by atoms with van der Waals surface area (Å²) >= 11 is 0. The van der Waals surface area contributed by atoms with E-state index in [0.717, 1.165) is 36.3 Å². The summed E-state index contributed by atoms with van der Waals surface area (Å²) in [6.45, 7) is 2.71. The second kappa shape index (κ2) is 9.03. The highest BCUT2D eigenvalue weighted by molar-refractivity contribution is 7.89. The van der Waals surface area contributed by atoms with Crippen LogP contribution in [0, 0.1) is 0 Å². The molecule has 7 nitrogen and oxygen atoms in total. The van der Waals surface area contributed by atoms with Gasteiger partial charge in [-0.15, -0.1) is 0 Å². The number of amides is 1. The third-order valence-electron chi connectivity index (χ3n) is 6.14. The van der Waals surface area contributed by atoms with E-state index in [2.05, 4.69) is 16.4 Å². The van der Waals surface area contributed by atoms with Gasteiger partial charge in [0.15, 0.2) is 0 Å². The number of hydrogen-bond donors (Lipinski definition) is 1. The molecule has 0 bridgehead atoms. The van der Waals surface area contributed by atoms with E-state index in [-0.39, 0.29) is 10.8 Å². The lowest BCUT2D eigenvalue weighted by atomic mass is 9.90. The van der Waals surface area contributed by atoms with Gasteiger partial charge in [0.05, 0.1) is 15.9 Å². The van der Waals surface area contributed by atoms with Gasteiger partial charge in [-0.05, 0) is 68.0 Å². The zero-order valence-corrected chi connectivity index (χ0v) is 19.7. The molecule has 1 amide bonds. The van der Waals surface area contributed by atoms with E-state index in [1.165, 1.54) is 35.9 Å². The van der Waals surface area contributed by atoms with Crippen molar-refractivity contribution in [1.82, 2.24) is 13.9 Å². The molecular weight excluding hydrogens is 424 g/mol. The van der Waals surface area contributed by atoms with Crippen molar-refractivity contribution >= 4 is 32.7 Å². The summed E-state index contributed by atoms with van der Waals surface area (Å²) in [5.74, 6) is 0.752. The van der Waals surface area contributed by atoms with Crippen molar-refractivity contribution in [1.29, 1.82) is 0 Å². The van der Waals surface area contributed by atoms with E-state index in [1.54, 1.807) is 18.2 Å². The number of hydrogen-bond acceptors (Lipinski definition) is 4. The fraction of sp³-hybridized carbons (Fsp3) is 0.417. The van der Waals surface area contributed by atoms with Crippen LogP contribution in [0.1, 0.15) is 43.1 Å². The molecular formula is C24H30N4O3S. The van der Waals surface area contributed by atoms with Crippen molar-refractivity contribution in [2.75, 3.05) is 19.4 Å². The number of sulfonamides is 1. The topological polar surface area (TPSA) is 84.3 Å². The van der Waals surface area contributed by atoms with Crippen LogP contribution in [0.3, 0.4) is 0 Å². The molecule has 0 fully saturated rings. The molecule has 8 heteroatoms. The average Bonchev–Trinajstić information content (AvgIpc) is 3.14. The van der Waals surface area contributed by atoms with Crippen LogP contribution >= 0.6 is 0 Å². The molecule has 0 unspecified atom stereocenters. The van der Waals surface area contributed by atoms with Gasteiger partial charge >= 0.3 is 0 Å². The first kappa shape index (κ1) is 22.5. The van der Waals surface area contributed by atoms with Gasteiger partial charge in [-0.2, -0.15) is 0 Å². The van der Waals surface area contributed by atoms with Crippen molar-refractivity contribution in [3.05, 3.63) is 53.3 Å². The molecule has 170 valence electrons. The Morgan fingerprint density at radius 1 is 1.16 bits per heavy atom. The second-order valence-electron chi connectivity index (χ2n) is 8.41. The number of carbonyl (C=O) groups is 1. The van der Waals surface area contributed by atoms with Crippen molar-refractivity contribution in [2.45, 2.75) is 56.9 Å². The number of aryl methyl sites for hydroxylation is 3. The smallest absolute Gasteiger partial charge is 0.242 e. The number of imidazole rings is 1. The quantitative estimate of drug-likeness (QED) is 0.589. The molecule has 0 atom stereocenters. The highest BCUT2D eigenvalue weighted by Crippen LogP contribution is 2.28. The number of nitrogens with zero attached hydrogens (tertiary/aromatic N) is 3. The second-order valence-corrected chi connectivity index (χ2v) is 10.6. The Kier molecular flexibility index (Phi) is 6.35. The van der Waals surface area contributed by atoms with Crippen LogP contribution in [0.4, 0.5) is 5.69 Å². The van der Waals surface area contributed by atoms with Crippen LogP contribution < -0.4 is 5.32 Å². The SMILES string of the molecule is CCn1c(CCC(=O)Nc2cccc3c2CCCC3)nc2cc(S(=O)(=O)N(C)C)ccc21. The lowest BCUT2D eigenvalue weighted by molar-refractivity contribution is -0.116. The Bertz CT molecular complexity index is 1260. The standard InChI is InChI=1S/C24H30N4O3S/c1-4-28-22-13-12-18(32(30,31)27(2)3)16-21(22)25-23(28)14-15-24(29)26-20-11-7-9-17-8-5-6-10-19(17)20/h7,9,11-13,16H,4-6,8,10,14-15H2,1-3H3,(H,26,29). The van der Waals surface area contributed by atoms with E-state index in [0.29, 0.717) is 24.9 Å². The fourth-order valence-electron chi connectivity index (χ4n) is 4.41. The zero-order valence-electron chi connectivity index (χ0n) is 18.9. The molecule has 32 heavy (non-hydrogen) atoms. The van der Waals surface area contributed by atoms with Gasteiger partial charge < -0.3 is 9.88 Å². The average molecular weight is 455 g/mol. The number of rotatable bonds is 7. The monoisotopic (exact) mass is 454 g/mol. The van der Waals surface area contributed by atoms with Gasteiger partial charge in [0.1, 0.15) is 5.82 Å². The normalized spacial score (nSPS) is 14.0. The minimum absolute atomic E-state index is 0.0328. The maximum absolute atomic E-state index is 12.7. The maximum atomic E-state index is 12.7. The first-order valence-corrected chi connectivity index (χ1v) is 12.6. The van der Waals surface area contributed by atoms with Crippen molar-refractivity contribution in [2.24, 2.45) is 0 Å². The molecule has 2 aromatic carbocycles. The molecule has 0 saturated carbocycles. The minimum Gasteiger partial charge on any atom is -0.328 e. The first-order chi connectivity index (χ1) is 15.3. The predicted octanol–water partition coefficient (Wildman–Crippen LogP) is 3.76. The van der Waals surface area contributed by atoms with E-state index < -0.39 is 10.0 Å². The predicted molar refractivity (Wildman–Crippen MR) is 126 cm³/mol. The Labute approximate surface area is 189 Å². The summed E-state index contributed by atoms with van der Waals surface area (Å²) in [7, 11) is -0.503. The van der Waals surface area contributed by atoms with E-state index in [4.69, 9.17) is 0 Å². The Balaban J connectivity index is 1.52. The van der Waals surface area contributed by atoms with Crippen LogP contribution in [-0.2, 0) is 40.6 Å². The number of aromatic nitrogens is 2. The van der Waals surface area contributed by atoms with Crippen LogP contribution in [0.25, 0.3) is 11.0 Å². The number of carbonyl (C=O) groups excluding carboxylic acids is 1. The molecule has 1 aromatic heterocycles. The maximum Gasteiger partial charge on any atom is 0.242 e. The Morgan fingerprint density at radius 2 is 1.94 bits per heavy atom. The molecule has 1 N–H and O–H groups in total. The third-order valence-corrected chi connectivity index (χ3v) is 7.95. The molecule has 0 spiro atoms. The molecule has 1 aliphatic rings. The summed E-state index contributed by atoms with van der Waals surface area (Å²) in [5, 5.41) is 3.09. The lowest BCUT2D eigenvalue weighted by Crippen LogP contribution is -2.22. The van der Waals surface area contributed by atoms with Crippen LogP contribution in [0.15, 0.2) is 41.3 Å². The molecule has 0 saturated heterocycles. The summed E-state index contributed by atoms with van der Waals surface area (Å²) in [5.41, 5.74) is 5.03. The lowest BCUT2D eigenvalue weighted by Gasteiger charge is -2.19. The molecule has 1 aliphatic carbocycles. The molecule has 4 rings (SSSR count). The minimum atomic E-state index is -3.53. The summed E-state index contributed by atoms with van der Waals surface area (Å²) < 4.78 is 28.2. The highest BCUT2D eigenvalue weighted by Gasteiger charge is 2.20. The zero-order chi connectivity index (χ0) is 22.9. The van der Waals surface area contributed by atoms with E-state index >= 15 is 0 Å². The number of anilines is 1. The summed E-state index contributed by atoms with van der Waals surface area (Å²) in [6.07, 6.45) is 5.25. The first-order valence-electron chi connectivity index (χ1n) is 11.1. The van der Waals surface area contributed by atoms with Gasteiger partial charge in [0, 0.05) is 39.2 Å². The molecule has 0 aliphatic heterocycles. The molecule has 1 heterocycles. The summed E-state index contributed by atoms with van der Waals surface area (Å²) in [4.78, 5) is 17.6. The number of benzene rings is 2.